The molecular weight excluding hydrogens is 416 g/mol. The van der Waals surface area contributed by atoms with Crippen molar-refractivity contribution in [2.45, 2.75) is 31.2 Å². The van der Waals surface area contributed by atoms with Crippen LogP contribution in [0, 0.1) is 0 Å². The van der Waals surface area contributed by atoms with Crippen LogP contribution in [-0.4, -0.2) is 44.8 Å². The topological polar surface area (TPSA) is 59.5 Å². The molecular formula is C23H28N2O3S2. The summed E-state index contributed by atoms with van der Waals surface area (Å²) in [5, 5.41) is 3.17. The van der Waals surface area contributed by atoms with E-state index >= 15 is 0 Å². The maximum absolute atomic E-state index is 11.6. The van der Waals surface area contributed by atoms with Crippen molar-refractivity contribution in [1.29, 1.82) is 0 Å². The molecule has 1 aromatic heterocycles. The maximum Gasteiger partial charge on any atom is 0.175 e. The van der Waals surface area contributed by atoms with Crippen molar-refractivity contribution in [3.8, 4) is 16.3 Å². The Morgan fingerprint density at radius 2 is 1.90 bits per heavy atom. The van der Waals surface area contributed by atoms with Crippen molar-refractivity contribution >= 4 is 21.2 Å². The number of aromatic nitrogens is 1. The standard InChI is InChI=1S/C23H28N2O3S2/c1-4-18-9-11-19(12-10-18)23-24-20(17-29-23)16-25(2)13-6-14-28-21-7-5-8-22(15-21)30(3,26)27/h5,7-12,15,17H,4,6,13-14,16H2,1-3H3. The summed E-state index contributed by atoms with van der Waals surface area (Å²) in [5.74, 6) is 0.582. The Bertz CT molecular complexity index is 1060. The molecule has 1 heterocycles. The molecule has 7 heteroatoms. The van der Waals surface area contributed by atoms with Gasteiger partial charge in [-0.1, -0.05) is 37.3 Å². The van der Waals surface area contributed by atoms with E-state index in [0.717, 1.165) is 42.2 Å². The predicted octanol–water partition coefficient (Wildman–Crippen LogP) is 4.68. The Balaban J connectivity index is 1.45. The van der Waals surface area contributed by atoms with Gasteiger partial charge in [0.05, 0.1) is 17.2 Å². The van der Waals surface area contributed by atoms with Gasteiger partial charge >= 0.3 is 0 Å². The molecule has 2 aromatic carbocycles. The highest BCUT2D eigenvalue weighted by Crippen LogP contribution is 2.24. The molecule has 0 aliphatic carbocycles. The quantitative estimate of drug-likeness (QED) is 0.425. The number of hydrogen-bond acceptors (Lipinski definition) is 6. The molecule has 0 unspecified atom stereocenters. The largest absolute Gasteiger partial charge is 0.494 e. The molecule has 0 saturated heterocycles. The van der Waals surface area contributed by atoms with Crippen LogP contribution in [0.4, 0.5) is 0 Å². The predicted molar refractivity (Wildman–Crippen MR) is 123 cm³/mol. The summed E-state index contributed by atoms with van der Waals surface area (Å²) in [7, 11) is -1.15. The zero-order valence-corrected chi connectivity index (χ0v) is 19.3. The van der Waals surface area contributed by atoms with Crippen LogP contribution in [0.1, 0.15) is 24.6 Å². The summed E-state index contributed by atoms with van der Waals surface area (Å²) in [6.07, 6.45) is 3.08. The second kappa shape index (κ2) is 10.2. The molecule has 3 aromatic rings. The van der Waals surface area contributed by atoms with Crippen LogP contribution < -0.4 is 4.74 Å². The molecule has 0 atom stereocenters. The minimum absolute atomic E-state index is 0.279. The number of sulfone groups is 1. The van der Waals surface area contributed by atoms with Crippen LogP contribution in [0.25, 0.3) is 10.6 Å². The van der Waals surface area contributed by atoms with Gasteiger partial charge in [-0.3, -0.25) is 0 Å². The SMILES string of the molecule is CCc1ccc(-c2nc(CN(C)CCCOc3cccc(S(C)(=O)=O)c3)cs2)cc1. The Kier molecular flexibility index (Phi) is 7.64. The van der Waals surface area contributed by atoms with Gasteiger partial charge in [0.15, 0.2) is 9.84 Å². The van der Waals surface area contributed by atoms with Crippen LogP contribution in [-0.2, 0) is 22.8 Å². The fraction of sp³-hybridized carbons (Fsp3) is 0.348. The van der Waals surface area contributed by atoms with E-state index in [1.807, 2.05) is 0 Å². The van der Waals surface area contributed by atoms with Gasteiger partial charge in [0.25, 0.3) is 0 Å². The third-order valence-electron chi connectivity index (χ3n) is 4.78. The minimum Gasteiger partial charge on any atom is -0.494 e. The average Bonchev–Trinajstić information content (AvgIpc) is 3.19. The maximum atomic E-state index is 11.6. The van der Waals surface area contributed by atoms with Crippen LogP contribution in [0.5, 0.6) is 5.75 Å². The lowest BCUT2D eigenvalue weighted by Crippen LogP contribution is -2.21. The zero-order chi connectivity index (χ0) is 21.6. The van der Waals surface area contributed by atoms with Crippen molar-refractivity contribution in [2.75, 3.05) is 26.5 Å². The monoisotopic (exact) mass is 444 g/mol. The first kappa shape index (κ1) is 22.5. The van der Waals surface area contributed by atoms with E-state index in [9.17, 15) is 8.42 Å². The van der Waals surface area contributed by atoms with Gasteiger partial charge in [-0.25, -0.2) is 13.4 Å². The number of thiazole rings is 1. The van der Waals surface area contributed by atoms with Crippen molar-refractivity contribution in [3.63, 3.8) is 0 Å². The number of nitrogens with zero attached hydrogens (tertiary/aromatic N) is 2. The van der Waals surface area contributed by atoms with Crippen LogP contribution in [0.3, 0.4) is 0 Å². The Morgan fingerprint density at radius 1 is 1.13 bits per heavy atom. The lowest BCUT2D eigenvalue weighted by Gasteiger charge is -2.15. The van der Waals surface area contributed by atoms with E-state index in [-0.39, 0.29) is 4.90 Å². The first-order chi connectivity index (χ1) is 14.3. The molecule has 0 bridgehead atoms. The third-order valence-corrected chi connectivity index (χ3v) is 6.83. The van der Waals surface area contributed by atoms with Gasteiger partial charge in [-0.05, 0) is 43.7 Å². The fourth-order valence-corrected chi connectivity index (χ4v) is 4.54. The van der Waals surface area contributed by atoms with Gasteiger partial charge in [0.2, 0.25) is 0 Å². The molecule has 0 N–H and O–H groups in total. The molecule has 0 radical (unpaired) electrons. The van der Waals surface area contributed by atoms with E-state index in [1.54, 1.807) is 35.6 Å². The van der Waals surface area contributed by atoms with Crippen LogP contribution in [0.2, 0.25) is 0 Å². The highest BCUT2D eigenvalue weighted by molar-refractivity contribution is 7.90. The van der Waals surface area contributed by atoms with Crippen molar-refractivity contribution in [2.24, 2.45) is 0 Å². The number of benzene rings is 2. The second-order valence-corrected chi connectivity index (χ2v) is 10.3. The molecule has 0 fully saturated rings. The summed E-state index contributed by atoms with van der Waals surface area (Å²) in [6, 6.07) is 15.2. The Morgan fingerprint density at radius 3 is 2.60 bits per heavy atom. The van der Waals surface area contributed by atoms with Crippen molar-refractivity contribution in [3.05, 3.63) is 65.2 Å². The summed E-state index contributed by atoms with van der Waals surface area (Å²) in [5.41, 5.74) is 3.56. The van der Waals surface area contributed by atoms with Crippen molar-refractivity contribution < 1.29 is 13.2 Å². The van der Waals surface area contributed by atoms with E-state index in [2.05, 4.69) is 48.5 Å². The molecule has 0 amide bonds. The summed E-state index contributed by atoms with van der Waals surface area (Å²) < 4.78 is 29.0. The van der Waals surface area contributed by atoms with Gasteiger partial charge in [-0.15, -0.1) is 11.3 Å². The van der Waals surface area contributed by atoms with Gasteiger partial charge < -0.3 is 9.64 Å². The minimum atomic E-state index is -3.22. The summed E-state index contributed by atoms with van der Waals surface area (Å²) in [6.45, 7) is 4.34. The number of aryl methyl sites for hydroxylation is 1. The van der Waals surface area contributed by atoms with E-state index in [0.29, 0.717) is 12.4 Å². The third kappa shape index (κ3) is 6.39. The molecule has 0 aliphatic heterocycles. The number of rotatable bonds is 10. The van der Waals surface area contributed by atoms with Crippen LogP contribution in [0.15, 0.2) is 58.8 Å². The number of hydrogen-bond donors (Lipinski definition) is 0. The smallest absolute Gasteiger partial charge is 0.175 e. The Labute approximate surface area is 183 Å². The lowest BCUT2D eigenvalue weighted by molar-refractivity contribution is 0.257. The first-order valence-electron chi connectivity index (χ1n) is 10.0. The van der Waals surface area contributed by atoms with E-state index in [1.165, 1.54) is 11.8 Å². The summed E-state index contributed by atoms with van der Waals surface area (Å²) in [4.78, 5) is 7.27. The first-order valence-corrected chi connectivity index (χ1v) is 12.8. The molecule has 30 heavy (non-hydrogen) atoms. The van der Waals surface area contributed by atoms with E-state index in [4.69, 9.17) is 9.72 Å². The molecule has 0 saturated carbocycles. The fourth-order valence-electron chi connectivity index (χ4n) is 3.07. The lowest BCUT2D eigenvalue weighted by atomic mass is 10.1. The molecule has 0 aliphatic rings. The molecule has 160 valence electrons. The van der Waals surface area contributed by atoms with Gasteiger partial charge in [-0.2, -0.15) is 0 Å². The highest BCUT2D eigenvalue weighted by atomic mass is 32.2. The highest BCUT2D eigenvalue weighted by Gasteiger charge is 2.09. The van der Waals surface area contributed by atoms with Gasteiger partial charge in [0.1, 0.15) is 10.8 Å². The zero-order valence-electron chi connectivity index (χ0n) is 17.7. The van der Waals surface area contributed by atoms with E-state index < -0.39 is 9.84 Å². The average molecular weight is 445 g/mol. The number of ether oxygens (including phenoxy) is 1. The molecule has 5 nitrogen and oxygen atoms in total. The summed E-state index contributed by atoms with van der Waals surface area (Å²) >= 11 is 1.68. The molecule has 3 rings (SSSR count). The van der Waals surface area contributed by atoms with Crippen LogP contribution >= 0.6 is 11.3 Å². The second-order valence-electron chi connectivity index (χ2n) is 7.38. The normalized spacial score (nSPS) is 11.7. The Hall–Kier alpha value is -2.22. The van der Waals surface area contributed by atoms with Gasteiger partial charge in [0, 0.05) is 30.3 Å². The van der Waals surface area contributed by atoms with Crippen molar-refractivity contribution in [1.82, 2.24) is 9.88 Å². The molecule has 0 spiro atoms.